The zero-order valence-electron chi connectivity index (χ0n) is 11.1. The van der Waals surface area contributed by atoms with E-state index in [0.29, 0.717) is 5.41 Å². The van der Waals surface area contributed by atoms with Crippen LogP contribution in [0.1, 0.15) is 66.2 Å². The molecule has 88 valence electrons. The first-order chi connectivity index (χ1) is 7.09. The van der Waals surface area contributed by atoms with E-state index in [2.05, 4.69) is 27.7 Å². The van der Waals surface area contributed by atoms with E-state index >= 15 is 0 Å². The van der Waals surface area contributed by atoms with Crippen LogP contribution < -0.4 is 0 Å². The monoisotopic (exact) mass is 208 g/mol. The molecule has 0 aromatic rings. The van der Waals surface area contributed by atoms with Gasteiger partial charge in [-0.1, -0.05) is 40.5 Å². The van der Waals surface area contributed by atoms with E-state index in [4.69, 9.17) is 0 Å². The third-order valence-electron chi connectivity index (χ3n) is 5.78. The van der Waals surface area contributed by atoms with Gasteiger partial charge in [0.15, 0.2) is 0 Å². The second-order valence-corrected chi connectivity index (χ2v) is 6.61. The second kappa shape index (κ2) is 4.11. The quantitative estimate of drug-likeness (QED) is 0.604. The molecule has 0 radical (unpaired) electrons. The molecule has 0 amide bonds. The first-order valence-corrected chi connectivity index (χ1v) is 7.09. The van der Waals surface area contributed by atoms with E-state index in [-0.39, 0.29) is 0 Å². The Hall–Kier alpha value is 0. The predicted octanol–water partition coefficient (Wildman–Crippen LogP) is 4.89. The van der Waals surface area contributed by atoms with Crippen molar-refractivity contribution in [1.29, 1.82) is 0 Å². The van der Waals surface area contributed by atoms with Gasteiger partial charge in [0.1, 0.15) is 0 Å². The highest BCUT2D eigenvalue weighted by Crippen LogP contribution is 2.62. The fourth-order valence-corrected chi connectivity index (χ4v) is 3.94. The molecular formula is C15H28. The van der Waals surface area contributed by atoms with Crippen molar-refractivity contribution in [3.63, 3.8) is 0 Å². The maximum Gasteiger partial charge on any atom is -0.0272 e. The lowest BCUT2D eigenvalue weighted by atomic mass is 9.44. The van der Waals surface area contributed by atoms with Crippen molar-refractivity contribution in [3.8, 4) is 0 Å². The Balaban J connectivity index is 1.98. The molecule has 4 atom stereocenters. The van der Waals surface area contributed by atoms with Crippen LogP contribution >= 0.6 is 0 Å². The minimum atomic E-state index is 0.650. The van der Waals surface area contributed by atoms with Gasteiger partial charge in [0, 0.05) is 0 Å². The maximum absolute atomic E-state index is 2.58. The van der Waals surface area contributed by atoms with Crippen molar-refractivity contribution in [3.05, 3.63) is 0 Å². The van der Waals surface area contributed by atoms with Gasteiger partial charge in [0.25, 0.3) is 0 Å². The molecule has 0 saturated heterocycles. The van der Waals surface area contributed by atoms with Crippen molar-refractivity contribution in [2.45, 2.75) is 66.2 Å². The lowest BCUT2D eigenvalue weighted by molar-refractivity contribution is -0.116. The lowest BCUT2D eigenvalue weighted by Gasteiger charge is -2.61. The van der Waals surface area contributed by atoms with E-state index in [0.717, 1.165) is 23.7 Å². The smallest absolute Gasteiger partial charge is 0.0272 e. The molecule has 0 aromatic carbocycles. The van der Waals surface area contributed by atoms with E-state index in [1.54, 1.807) is 19.3 Å². The molecule has 2 saturated carbocycles. The summed E-state index contributed by atoms with van der Waals surface area (Å²) in [6.07, 6.45) is 8.91. The summed E-state index contributed by atoms with van der Waals surface area (Å²) in [6.45, 7) is 9.80. The van der Waals surface area contributed by atoms with E-state index < -0.39 is 0 Å². The molecule has 0 aliphatic heterocycles. The molecule has 0 heterocycles. The summed E-state index contributed by atoms with van der Waals surface area (Å²) >= 11 is 0. The molecular weight excluding hydrogens is 180 g/mol. The van der Waals surface area contributed by atoms with E-state index in [1.807, 2.05) is 0 Å². The zero-order chi connectivity index (χ0) is 11.1. The van der Waals surface area contributed by atoms with Gasteiger partial charge in [-0.2, -0.15) is 0 Å². The summed E-state index contributed by atoms with van der Waals surface area (Å²) < 4.78 is 0. The van der Waals surface area contributed by atoms with Crippen LogP contribution in [-0.2, 0) is 0 Å². The van der Waals surface area contributed by atoms with Crippen molar-refractivity contribution < 1.29 is 0 Å². The van der Waals surface area contributed by atoms with Crippen molar-refractivity contribution >= 4 is 0 Å². The highest BCUT2D eigenvalue weighted by Gasteiger charge is 2.54. The molecule has 0 aromatic heterocycles. The molecule has 0 heteroatoms. The van der Waals surface area contributed by atoms with Gasteiger partial charge in [-0.3, -0.25) is 0 Å². The van der Waals surface area contributed by atoms with Gasteiger partial charge in [0.2, 0.25) is 0 Å². The van der Waals surface area contributed by atoms with Gasteiger partial charge in [-0.25, -0.2) is 0 Å². The number of fused-ring (bicyclic) bond motifs is 1. The van der Waals surface area contributed by atoms with Crippen molar-refractivity contribution in [2.75, 3.05) is 0 Å². The summed E-state index contributed by atoms with van der Waals surface area (Å²) in [5.74, 6) is 4.22. The second-order valence-electron chi connectivity index (χ2n) is 6.61. The van der Waals surface area contributed by atoms with Gasteiger partial charge in [0.05, 0.1) is 0 Å². The molecule has 0 spiro atoms. The summed E-state index contributed by atoms with van der Waals surface area (Å²) in [5, 5.41) is 0. The highest BCUT2D eigenvalue weighted by atomic mass is 14.6. The normalized spacial score (nSPS) is 37.8. The van der Waals surface area contributed by atoms with Crippen LogP contribution in [0.5, 0.6) is 0 Å². The molecule has 2 fully saturated rings. The Bertz CT molecular complexity index is 218. The number of rotatable bonds is 5. The van der Waals surface area contributed by atoms with Crippen LogP contribution in [0.3, 0.4) is 0 Å². The Morgan fingerprint density at radius 2 is 2.00 bits per heavy atom. The minimum Gasteiger partial charge on any atom is -0.0654 e. The van der Waals surface area contributed by atoms with Crippen molar-refractivity contribution in [1.82, 2.24) is 0 Å². The molecule has 2 aliphatic carbocycles. The Kier molecular flexibility index (Phi) is 3.14. The minimum absolute atomic E-state index is 0.650. The Morgan fingerprint density at radius 1 is 1.27 bits per heavy atom. The first-order valence-electron chi connectivity index (χ1n) is 7.09. The number of hydrogen-bond donors (Lipinski definition) is 0. The third-order valence-corrected chi connectivity index (χ3v) is 5.78. The average Bonchev–Trinajstić information content (AvgIpc) is 2.18. The molecule has 0 bridgehead atoms. The van der Waals surface area contributed by atoms with Gasteiger partial charge in [-0.15, -0.1) is 0 Å². The third kappa shape index (κ3) is 1.74. The maximum atomic E-state index is 2.58. The molecule has 0 N–H and O–H groups in total. The first kappa shape index (κ1) is 11.5. The van der Waals surface area contributed by atoms with E-state index in [1.165, 1.54) is 19.3 Å². The van der Waals surface area contributed by atoms with Crippen LogP contribution in [-0.4, -0.2) is 0 Å². The lowest BCUT2D eigenvalue weighted by Crippen LogP contribution is -2.53. The zero-order valence-corrected chi connectivity index (χ0v) is 11.1. The summed E-state index contributed by atoms with van der Waals surface area (Å²) in [6, 6.07) is 0. The fraction of sp³-hybridized carbons (Fsp3) is 1.00. The average molecular weight is 208 g/mol. The SMILES string of the molecule is CCCCC(C)(C(C)C)C1CC2CCC21. The topological polar surface area (TPSA) is 0 Å². The molecule has 15 heavy (non-hydrogen) atoms. The predicted molar refractivity (Wildman–Crippen MR) is 66.8 cm³/mol. The Morgan fingerprint density at radius 3 is 2.33 bits per heavy atom. The van der Waals surface area contributed by atoms with Crippen LogP contribution in [0.25, 0.3) is 0 Å². The van der Waals surface area contributed by atoms with Crippen LogP contribution in [0.15, 0.2) is 0 Å². The summed E-state index contributed by atoms with van der Waals surface area (Å²) in [4.78, 5) is 0. The summed E-state index contributed by atoms with van der Waals surface area (Å²) in [5.41, 5.74) is 0.650. The van der Waals surface area contributed by atoms with Gasteiger partial charge in [-0.05, 0) is 54.8 Å². The van der Waals surface area contributed by atoms with E-state index in [9.17, 15) is 0 Å². The molecule has 0 nitrogen and oxygen atoms in total. The van der Waals surface area contributed by atoms with Gasteiger partial charge < -0.3 is 0 Å². The largest absolute Gasteiger partial charge is 0.0654 e. The number of hydrogen-bond acceptors (Lipinski definition) is 0. The van der Waals surface area contributed by atoms with Gasteiger partial charge >= 0.3 is 0 Å². The van der Waals surface area contributed by atoms with Crippen LogP contribution in [0.2, 0.25) is 0 Å². The van der Waals surface area contributed by atoms with Crippen molar-refractivity contribution in [2.24, 2.45) is 29.1 Å². The highest BCUT2D eigenvalue weighted by molar-refractivity contribution is 5.03. The Labute approximate surface area is 95.8 Å². The standard InChI is InChI=1S/C15H28/c1-5-6-9-15(4,11(2)3)14-10-12-7-8-13(12)14/h11-14H,5-10H2,1-4H3. The number of unbranched alkanes of at least 4 members (excludes halogenated alkanes) is 1. The molecule has 2 rings (SSSR count). The fourth-order valence-electron chi connectivity index (χ4n) is 3.94. The van der Waals surface area contributed by atoms with Crippen LogP contribution in [0, 0.1) is 29.1 Å². The molecule has 2 aliphatic rings. The molecule has 4 unspecified atom stereocenters. The summed E-state index contributed by atoms with van der Waals surface area (Å²) in [7, 11) is 0. The van der Waals surface area contributed by atoms with Crippen LogP contribution in [0.4, 0.5) is 0 Å².